The number of rotatable bonds is 8. The van der Waals surface area contributed by atoms with E-state index in [9.17, 15) is 0 Å². The zero-order chi connectivity index (χ0) is 20.8. The Kier molecular flexibility index (Phi) is 8.36. The fourth-order valence-corrected chi connectivity index (χ4v) is 7.48. The van der Waals surface area contributed by atoms with Crippen LogP contribution in [-0.2, 0) is 6.42 Å². The summed E-state index contributed by atoms with van der Waals surface area (Å²) in [4.78, 5) is 0. The second-order valence-electron chi connectivity index (χ2n) is 11.5. The first kappa shape index (κ1) is 22.4. The maximum absolute atomic E-state index is 2.46. The molecule has 0 aliphatic heterocycles. The maximum atomic E-state index is 2.46. The number of hydrogen-bond acceptors (Lipinski definition) is 0. The predicted octanol–water partition coefficient (Wildman–Crippen LogP) is 9.33. The van der Waals surface area contributed by atoms with Crippen molar-refractivity contribution in [1.29, 1.82) is 0 Å². The van der Waals surface area contributed by atoms with E-state index in [4.69, 9.17) is 0 Å². The second-order valence-corrected chi connectivity index (χ2v) is 11.5. The summed E-state index contributed by atoms with van der Waals surface area (Å²) in [6.45, 7) is 4.64. The molecule has 4 rings (SSSR count). The van der Waals surface area contributed by atoms with Crippen molar-refractivity contribution in [2.24, 2.45) is 29.6 Å². The SMILES string of the molecule is CCCc1ccc(C2CCC3CC(CCC4CCC(CCC)CC4)CCC3C2)cc1. The van der Waals surface area contributed by atoms with E-state index in [1.54, 1.807) is 37.7 Å². The van der Waals surface area contributed by atoms with E-state index in [0.717, 1.165) is 35.5 Å². The van der Waals surface area contributed by atoms with Crippen LogP contribution in [0.4, 0.5) is 0 Å². The van der Waals surface area contributed by atoms with Gasteiger partial charge in [-0.1, -0.05) is 102 Å². The van der Waals surface area contributed by atoms with Gasteiger partial charge in [0.1, 0.15) is 0 Å². The van der Waals surface area contributed by atoms with Crippen LogP contribution in [-0.4, -0.2) is 0 Å². The molecule has 0 aromatic heterocycles. The van der Waals surface area contributed by atoms with Gasteiger partial charge in [-0.15, -0.1) is 0 Å². The molecule has 30 heavy (non-hydrogen) atoms. The summed E-state index contributed by atoms with van der Waals surface area (Å²) in [5.74, 6) is 6.13. The molecule has 4 unspecified atom stereocenters. The third kappa shape index (κ3) is 5.92. The molecule has 0 heterocycles. The van der Waals surface area contributed by atoms with Gasteiger partial charge in [0.15, 0.2) is 0 Å². The van der Waals surface area contributed by atoms with Crippen LogP contribution in [0.3, 0.4) is 0 Å². The Hall–Kier alpha value is -0.780. The monoisotopic (exact) mass is 408 g/mol. The van der Waals surface area contributed by atoms with E-state index >= 15 is 0 Å². The van der Waals surface area contributed by atoms with Gasteiger partial charge in [-0.25, -0.2) is 0 Å². The van der Waals surface area contributed by atoms with Crippen molar-refractivity contribution in [1.82, 2.24) is 0 Å². The average molecular weight is 409 g/mol. The van der Waals surface area contributed by atoms with Gasteiger partial charge in [0.2, 0.25) is 0 Å². The second kappa shape index (κ2) is 11.2. The van der Waals surface area contributed by atoms with Crippen LogP contribution in [0.5, 0.6) is 0 Å². The highest BCUT2D eigenvalue weighted by Crippen LogP contribution is 2.49. The Morgan fingerprint density at radius 1 is 0.600 bits per heavy atom. The van der Waals surface area contributed by atoms with Gasteiger partial charge in [-0.05, 0) is 85.2 Å². The van der Waals surface area contributed by atoms with Gasteiger partial charge in [0.25, 0.3) is 0 Å². The van der Waals surface area contributed by atoms with Gasteiger partial charge in [0.05, 0.1) is 0 Å². The van der Waals surface area contributed by atoms with Gasteiger partial charge in [0, 0.05) is 0 Å². The fraction of sp³-hybridized carbons (Fsp3) is 0.800. The summed E-state index contributed by atoms with van der Waals surface area (Å²) in [5, 5.41) is 0. The van der Waals surface area contributed by atoms with Gasteiger partial charge < -0.3 is 0 Å². The minimum atomic E-state index is 0.844. The van der Waals surface area contributed by atoms with Crippen molar-refractivity contribution >= 4 is 0 Å². The first-order chi connectivity index (χ1) is 14.7. The Balaban J connectivity index is 1.19. The molecule has 0 spiro atoms. The summed E-state index contributed by atoms with van der Waals surface area (Å²) in [5.41, 5.74) is 3.16. The van der Waals surface area contributed by atoms with E-state index in [0.29, 0.717) is 0 Å². The molecular formula is C30H48. The minimum absolute atomic E-state index is 0.844. The lowest BCUT2D eigenvalue weighted by molar-refractivity contribution is 0.108. The molecule has 1 aromatic rings. The zero-order valence-corrected chi connectivity index (χ0v) is 20.1. The molecule has 0 heteroatoms. The number of fused-ring (bicyclic) bond motifs is 1. The van der Waals surface area contributed by atoms with Crippen molar-refractivity contribution in [2.75, 3.05) is 0 Å². The van der Waals surface area contributed by atoms with Crippen LogP contribution < -0.4 is 0 Å². The van der Waals surface area contributed by atoms with Crippen molar-refractivity contribution in [3.8, 4) is 0 Å². The minimum Gasteiger partial charge on any atom is -0.0654 e. The molecular weight excluding hydrogens is 360 g/mol. The topological polar surface area (TPSA) is 0 Å². The summed E-state index contributed by atoms with van der Waals surface area (Å²) in [6, 6.07) is 9.71. The van der Waals surface area contributed by atoms with Crippen molar-refractivity contribution in [3.63, 3.8) is 0 Å². The molecule has 3 fully saturated rings. The van der Waals surface area contributed by atoms with E-state index in [1.165, 1.54) is 76.2 Å². The molecule has 3 aliphatic carbocycles. The number of hydrogen-bond donors (Lipinski definition) is 0. The average Bonchev–Trinajstić information content (AvgIpc) is 2.79. The first-order valence-electron chi connectivity index (χ1n) is 13.8. The van der Waals surface area contributed by atoms with Crippen LogP contribution >= 0.6 is 0 Å². The van der Waals surface area contributed by atoms with E-state index in [-0.39, 0.29) is 0 Å². The van der Waals surface area contributed by atoms with Crippen LogP contribution in [0.15, 0.2) is 24.3 Å². The summed E-state index contributed by atoms with van der Waals surface area (Å²) < 4.78 is 0. The highest BCUT2D eigenvalue weighted by atomic mass is 14.4. The smallest absolute Gasteiger partial charge is 0.0159 e. The Morgan fingerprint density at radius 2 is 1.20 bits per heavy atom. The lowest BCUT2D eigenvalue weighted by atomic mass is 9.63. The van der Waals surface area contributed by atoms with E-state index in [1.807, 2.05) is 0 Å². The summed E-state index contributed by atoms with van der Waals surface area (Å²) in [7, 11) is 0. The van der Waals surface area contributed by atoms with Gasteiger partial charge >= 0.3 is 0 Å². The van der Waals surface area contributed by atoms with Gasteiger partial charge in [-0.2, -0.15) is 0 Å². The Bertz CT molecular complexity index is 605. The molecule has 0 N–H and O–H groups in total. The van der Waals surface area contributed by atoms with Crippen molar-refractivity contribution in [3.05, 3.63) is 35.4 Å². The van der Waals surface area contributed by atoms with Gasteiger partial charge in [-0.3, -0.25) is 0 Å². The molecule has 3 saturated carbocycles. The highest BCUT2D eigenvalue weighted by Gasteiger charge is 2.36. The normalized spacial score (nSPS) is 34.5. The lowest BCUT2D eigenvalue weighted by Gasteiger charge is -2.43. The molecule has 0 nitrogen and oxygen atoms in total. The van der Waals surface area contributed by atoms with E-state index in [2.05, 4.69) is 38.1 Å². The predicted molar refractivity (Wildman–Crippen MR) is 131 cm³/mol. The largest absolute Gasteiger partial charge is 0.0654 e. The third-order valence-electron chi connectivity index (χ3n) is 9.36. The molecule has 0 bridgehead atoms. The fourth-order valence-electron chi connectivity index (χ4n) is 7.48. The number of benzene rings is 1. The maximum Gasteiger partial charge on any atom is -0.0159 e. The quantitative estimate of drug-likeness (QED) is 0.402. The molecule has 3 aliphatic rings. The molecule has 4 atom stereocenters. The third-order valence-corrected chi connectivity index (χ3v) is 9.36. The van der Waals surface area contributed by atoms with Crippen LogP contribution in [0.1, 0.15) is 127 Å². The number of aryl methyl sites for hydroxylation is 1. The van der Waals surface area contributed by atoms with Crippen LogP contribution in [0.2, 0.25) is 0 Å². The standard InChI is InChI=1S/C30H48/c1-3-5-23-7-9-25(10-8-23)11-12-26-15-18-30-22-29(20-19-28(30)21-26)27-16-13-24(6-4-2)14-17-27/h13-14,16-17,23,25-26,28-30H,3-12,15,18-22H2,1-2H3. The molecule has 0 saturated heterocycles. The molecule has 1 aromatic carbocycles. The molecule has 168 valence electrons. The lowest BCUT2D eigenvalue weighted by Crippen LogP contribution is -2.30. The molecule has 0 amide bonds. The Labute approximate surface area is 187 Å². The van der Waals surface area contributed by atoms with Crippen LogP contribution in [0.25, 0.3) is 0 Å². The van der Waals surface area contributed by atoms with E-state index < -0.39 is 0 Å². The first-order valence-corrected chi connectivity index (χ1v) is 13.8. The highest BCUT2D eigenvalue weighted by molar-refractivity contribution is 5.26. The zero-order valence-electron chi connectivity index (χ0n) is 20.1. The Morgan fingerprint density at radius 3 is 1.90 bits per heavy atom. The summed E-state index contributed by atoms with van der Waals surface area (Å²) >= 11 is 0. The van der Waals surface area contributed by atoms with Crippen molar-refractivity contribution in [2.45, 2.75) is 122 Å². The van der Waals surface area contributed by atoms with Crippen molar-refractivity contribution < 1.29 is 0 Å². The van der Waals surface area contributed by atoms with Crippen LogP contribution in [0, 0.1) is 29.6 Å². The summed E-state index contributed by atoms with van der Waals surface area (Å²) in [6.07, 6.45) is 23.7. The molecule has 0 radical (unpaired) electrons.